The van der Waals surface area contributed by atoms with Crippen molar-refractivity contribution in [2.75, 3.05) is 5.32 Å². The fourth-order valence-corrected chi connectivity index (χ4v) is 4.72. The van der Waals surface area contributed by atoms with Crippen LogP contribution < -0.4 is 10.6 Å². The molecular weight excluding hydrogens is 520 g/mol. The van der Waals surface area contributed by atoms with Gasteiger partial charge in [-0.2, -0.15) is 18.3 Å². The third kappa shape index (κ3) is 6.37. The van der Waals surface area contributed by atoms with Gasteiger partial charge in [-0.15, -0.1) is 0 Å². The molecule has 3 aromatic rings. The Hall–Kier alpha value is -2.63. The first kappa shape index (κ1) is 26.4. The predicted molar refractivity (Wildman–Crippen MR) is 130 cm³/mol. The number of aromatic nitrogens is 4. The second kappa shape index (κ2) is 10.0. The molecule has 1 aliphatic carbocycles. The van der Waals surface area contributed by atoms with Crippen LogP contribution in [0.2, 0.25) is 10.3 Å². The SMILES string of the molecule is CC(C)(O)Cn1cc(C(=O)N[C@@H]2CCC[C@H](Nc3cc(C(F)(F)F)nc4cnc(Cl)cc34)C2)c(Cl)n1. The predicted octanol–water partition coefficient (Wildman–Crippen LogP) is 5.08. The number of hydrogen-bond donors (Lipinski definition) is 3. The van der Waals surface area contributed by atoms with Crippen LogP contribution >= 0.6 is 23.2 Å². The molecule has 0 aromatic carbocycles. The molecule has 1 fully saturated rings. The highest BCUT2D eigenvalue weighted by Crippen LogP contribution is 2.35. The molecule has 0 saturated heterocycles. The van der Waals surface area contributed by atoms with Gasteiger partial charge in [-0.3, -0.25) is 9.48 Å². The molecule has 0 spiro atoms. The Kier molecular flexibility index (Phi) is 7.36. The van der Waals surface area contributed by atoms with Crippen LogP contribution in [-0.4, -0.2) is 48.4 Å². The van der Waals surface area contributed by atoms with Gasteiger partial charge in [0.25, 0.3) is 5.91 Å². The van der Waals surface area contributed by atoms with Gasteiger partial charge in [0, 0.05) is 29.4 Å². The van der Waals surface area contributed by atoms with E-state index in [2.05, 4.69) is 25.7 Å². The molecule has 194 valence electrons. The van der Waals surface area contributed by atoms with Gasteiger partial charge in [0.2, 0.25) is 0 Å². The smallest absolute Gasteiger partial charge is 0.389 e. The average Bonchev–Trinajstić information content (AvgIpc) is 3.12. The lowest BCUT2D eigenvalue weighted by atomic mass is 9.90. The van der Waals surface area contributed by atoms with E-state index in [0.29, 0.717) is 24.6 Å². The third-order valence-electron chi connectivity index (χ3n) is 5.83. The number of amides is 1. The molecule has 0 unspecified atom stereocenters. The molecule has 0 radical (unpaired) electrons. The van der Waals surface area contributed by atoms with Crippen molar-refractivity contribution in [2.24, 2.45) is 0 Å². The van der Waals surface area contributed by atoms with Gasteiger partial charge in [-0.05, 0) is 51.7 Å². The molecule has 36 heavy (non-hydrogen) atoms. The van der Waals surface area contributed by atoms with Gasteiger partial charge >= 0.3 is 6.18 Å². The lowest BCUT2D eigenvalue weighted by Gasteiger charge is -2.31. The topological polar surface area (TPSA) is 105 Å². The maximum Gasteiger partial charge on any atom is 0.433 e. The van der Waals surface area contributed by atoms with Crippen molar-refractivity contribution in [2.45, 2.75) is 69.9 Å². The van der Waals surface area contributed by atoms with E-state index in [1.165, 1.54) is 23.1 Å². The number of nitrogens with zero attached hydrogens (tertiary/aromatic N) is 4. The molecule has 1 saturated carbocycles. The fourth-order valence-electron chi connectivity index (χ4n) is 4.33. The molecule has 1 aliphatic rings. The lowest BCUT2D eigenvalue weighted by molar-refractivity contribution is -0.140. The Balaban J connectivity index is 1.49. The van der Waals surface area contributed by atoms with Crippen LogP contribution in [0, 0.1) is 0 Å². The summed E-state index contributed by atoms with van der Waals surface area (Å²) >= 11 is 12.1. The highest BCUT2D eigenvalue weighted by molar-refractivity contribution is 6.32. The Morgan fingerprint density at radius 2 is 1.94 bits per heavy atom. The zero-order chi connectivity index (χ0) is 26.3. The molecular formula is C23H25Cl2F3N6O2. The summed E-state index contributed by atoms with van der Waals surface area (Å²) in [4.78, 5) is 20.4. The summed E-state index contributed by atoms with van der Waals surface area (Å²) in [6.45, 7) is 3.39. The standard InChI is InChI=1S/C23H25Cl2F3N6O2/c1-22(2,36)11-34-10-15(20(25)33-34)21(35)31-13-5-3-4-12(6-13)30-16-8-18(23(26,27)28)32-17-9-29-19(24)7-14(16)17/h7-10,12-13,36H,3-6,11H2,1-2H3,(H,30,32)(H,31,35)/t12-,13+/m0/s1. The number of anilines is 1. The van der Waals surface area contributed by atoms with E-state index < -0.39 is 23.4 Å². The number of halogens is 5. The first-order valence-electron chi connectivity index (χ1n) is 11.3. The maximum absolute atomic E-state index is 13.4. The van der Waals surface area contributed by atoms with Gasteiger partial charge in [-0.25, -0.2) is 9.97 Å². The number of carbonyl (C=O) groups excluding carboxylic acids is 1. The Bertz CT molecular complexity index is 1280. The van der Waals surface area contributed by atoms with E-state index in [1.54, 1.807) is 13.8 Å². The van der Waals surface area contributed by atoms with Crippen molar-refractivity contribution in [1.82, 2.24) is 25.1 Å². The van der Waals surface area contributed by atoms with E-state index in [9.17, 15) is 23.1 Å². The molecule has 2 atom stereocenters. The van der Waals surface area contributed by atoms with Crippen LogP contribution in [0.15, 0.2) is 24.5 Å². The first-order chi connectivity index (χ1) is 16.8. The number of nitrogens with one attached hydrogen (secondary N) is 2. The molecule has 0 bridgehead atoms. The van der Waals surface area contributed by atoms with Crippen LogP contribution in [0.1, 0.15) is 55.6 Å². The molecule has 3 N–H and O–H groups in total. The van der Waals surface area contributed by atoms with Crippen molar-refractivity contribution >= 4 is 45.7 Å². The van der Waals surface area contributed by atoms with Crippen molar-refractivity contribution in [3.8, 4) is 0 Å². The van der Waals surface area contributed by atoms with Crippen LogP contribution in [-0.2, 0) is 12.7 Å². The molecule has 3 aromatic heterocycles. The van der Waals surface area contributed by atoms with Crippen LogP contribution in [0.25, 0.3) is 10.9 Å². The van der Waals surface area contributed by atoms with Crippen LogP contribution in [0.5, 0.6) is 0 Å². The molecule has 8 nitrogen and oxygen atoms in total. The minimum Gasteiger partial charge on any atom is -0.389 e. The van der Waals surface area contributed by atoms with Gasteiger partial charge in [-0.1, -0.05) is 23.2 Å². The Labute approximate surface area is 215 Å². The van der Waals surface area contributed by atoms with E-state index in [-0.39, 0.29) is 45.7 Å². The van der Waals surface area contributed by atoms with Gasteiger partial charge in [0.05, 0.1) is 29.4 Å². The van der Waals surface area contributed by atoms with Crippen molar-refractivity contribution < 1.29 is 23.1 Å². The third-order valence-corrected chi connectivity index (χ3v) is 6.32. The Morgan fingerprint density at radius 3 is 2.64 bits per heavy atom. The summed E-state index contributed by atoms with van der Waals surface area (Å²) in [5.74, 6) is -0.403. The fraction of sp³-hybridized carbons (Fsp3) is 0.478. The number of pyridine rings is 2. The van der Waals surface area contributed by atoms with E-state index >= 15 is 0 Å². The molecule has 4 rings (SSSR count). The van der Waals surface area contributed by atoms with Crippen molar-refractivity contribution in [3.63, 3.8) is 0 Å². The zero-order valence-electron chi connectivity index (χ0n) is 19.5. The normalized spacial score (nSPS) is 18.9. The van der Waals surface area contributed by atoms with Crippen molar-refractivity contribution in [3.05, 3.63) is 46.1 Å². The second-order valence-electron chi connectivity index (χ2n) is 9.60. The number of carbonyl (C=O) groups is 1. The average molecular weight is 545 g/mol. The monoisotopic (exact) mass is 544 g/mol. The number of rotatable bonds is 6. The van der Waals surface area contributed by atoms with E-state index in [4.69, 9.17) is 23.2 Å². The number of fused-ring (bicyclic) bond motifs is 1. The summed E-state index contributed by atoms with van der Waals surface area (Å²) in [5, 5.41) is 20.8. The quantitative estimate of drug-likeness (QED) is 0.374. The second-order valence-corrected chi connectivity index (χ2v) is 10.3. The van der Waals surface area contributed by atoms with Gasteiger partial charge in [0.1, 0.15) is 10.8 Å². The molecule has 13 heteroatoms. The number of hydrogen-bond acceptors (Lipinski definition) is 6. The maximum atomic E-state index is 13.4. The minimum absolute atomic E-state index is 0.0238. The van der Waals surface area contributed by atoms with Crippen LogP contribution in [0.3, 0.4) is 0 Å². The van der Waals surface area contributed by atoms with Gasteiger partial charge < -0.3 is 15.7 Å². The summed E-state index contributed by atoms with van der Waals surface area (Å²) in [6.07, 6.45) is 0.733. The number of alkyl halides is 3. The van der Waals surface area contributed by atoms with Crippen LogP contribution in [0.4, 0.5) is 18.9 Å². The molecule has 3 heterocycles. The first-order valence-corrected chi connectivity index (χ1v) is 12.1. The summed E-state index contributed by atoms with van der Waals surface area (Å²) in [7, 11) is 0. The van der Waals surface area contributed by atoms with Crippen molar-refractivity contribution in [1.29, 1.82) is 0 Å². The summed E-state index contributed by atoms with van der Waals surface area (Å²) < 4.78 is 41.7. The zero-order valence-corrected chi connectivity index (χ0v) is 21.0. The van der Waals surface area contributed by atoms with E-state index in [0.717, 1.165) is 12.5 Å². The number of aliphatic hydroxyl groups is 1. The minimum atomic E-state index is -4.62. The largest absolute Gasteiger partial charge is 0.433 e. The highest BCUT2D eigenvalue weighted by atomic mass is 35.5. The highest BCUT2D eigenvalue weighted by Gasteiger charge is 2.34. The molecule has 0 aliphatic heterocycles. The Morgan fingerprint density at radius 1 is 1.22 bits per heavy atom. The lowest BCUT2D eigenvalue weighted by Crippen LogP contribution is -2.41. The van der Waals surface area contributed by atoms with Gasteiger partial charge in [0.15, 0.2) is 5.15 Å². The molecule has 1 amide bonds. The summed E-state index contributed by atoms with van der Waals surface area (Å²) in [5.41, 5.74) is -1.54. The summed E-state index contributed by atoms with van der Waals surface area (Å²) in [6, 6.07) is 2.02. The van der Waals surface area contributed by atoms with E-state index in [1.807, 2.05) is 0 Å².